The van der Waals surface area contributed by atoms with Gasteiger partial charge in [-0.15, -0.1) is 0 Å². The molecule has 1 atom stereocenters. The van der Waals surface area contributed by atoms with Crippen LogP contribution in [0.3, 0.4) is 0 Å². The number of aliphatic hydroxyl groups excluding tert-OH is 1. The van der Waals surface area contributed by atoms with Gasteiger partial charge in [-0.2, -0.15) is 0 Å². The van der Waals surface area contributed by atoms with E-state index in [-0.39, 0.29) is 12.4 Å². The molecule has 28 heavy (non-hydrogen) atoms. The minimum Gasteiger partial charge on any atom is -0.497 e. The zero-order valence-corrected chi connectivity index (χ0v) is 15.8. The van der Waals surface area contributed by atoms with Crippen LogP contribution in [0.1, 0.15) is 11.3 Å². The van der Waals surface area contributed by atoms with Crippen LogP contribution in [0.4, 0.5) is 4.39 Å². The molecule has 2 aromatic carbocycles. The highest BCUT2D eigenvalue weighted by Gasteiger charge is 2.16. The summed E-state index contributed by atoms with van der Waals surface area (Å²) in [7, 11) is 1.60. The molecule has 6 heteroatoms. The monoisotopic (exact) mass is 385 g/mol. The van der Waals surface area contributed by atoms with Crippen molar-refractivity contribution < 1.29 is 23.4 Å². The van der Waals surface area contributed by atoms with Crippen molar-refractivity contribution in [1.29, 1.82) is 0 Å². The second-order valence-corrected chi connectivity index (χ2v) is 6.48. The second kappa shape index (κ2) is 9.92. The van der Waals surface area contributed by atoms with Crippen molar-refractivity contribution >= 4 is 0 Å². The summed E-state index contributed by atoms with van der Waals surface area (Å²) in [5.41, 5.74) is 0.567. The number of aliphatic hydroxyl groups is 1. The van der Waals surface area contributed by atoms with Crippen molar-refractivity contribution in [2.75, 3.05) is 20.3 Å². The van der Waals surface area contributed by atoms with E-state index in [4.69, 9.17) is 13.9 Å². The van der Waals surface area contributed by atoms with Crippen molar-refractivity contribution in [3.05, 3.63) is 84.1 Å². The number of furan rings is 1. The zero-order valence-electron chi connectivity index (χ0n) is 15.8. The van der Waals surface area contributed by atoms with Gasteiger partial charge in [-0.3, -0.25) is 4.90 Å². The lowest BCUT2D eigenvalue weighted by molar-refractivity contribution is 0.0600. The highest BCUT2D eigenvalue weighted by Crippen LogP contribution is 2.18. The summed E-state index contributed by atoms with van der Waals surface area (Å²) in [5.74, 6) is 1.87. The number of hydrogen-bond donors (Lipinski definition) is 1. The first kappa shape index (κ1) is 19.9. The van der Waals surface area contributed by atoms with Gasteiger partial charge in [-0.25, -0.2) is 4.39 Å². The first-order valence-electron chi connectivity index (χ1n) is 9.07. The van der Waals surface area contributed by atoms with E-state index in [2.05, 4.69) is 0 Å². The predicted molar refractivity (Wildman–Crippen MR) is 104 cm³/mol. The van der Waals surface area contributed by atoms with Gasteiger partial charge < -0.3 is 19.0 Å². The number of methoxy groups -OCH3 is 1. The summed E-state index contributed by atoms with van der Waals surface area (Å²) in [4.78, 5) is 1.93. The van der Waals surface area contributed by atoms with E-state index < -0.39 is 6.10 Å². The Hall–Kier alpha value is -2.83. The van der Waals surface area contributed by atoms with Crippen LogP contribution in [0, 0.1) is 5.82 Å². The van der Waals surface area contributed by atoms with Crippen LogP contribution in [0.25, 0.3) is 0 Å². The van der Waals surface area contributed by atoms with E-state index in [9.17, 15) is 9.50 Å². The van der Waals surface area contributed by atoms with Crippen LogP contribution in [0.2, 0.25) is 0 Å². The molecule has 5 nitrogen and oxygen atoms in total. The fraction of sp³-hybridized carbons (Fsp3) is 0.273. The summed E-state index contributed by atoms with van der Waals surface area (Å²) in [6.45, 7) is 1.25. The fourth-order valence-corrected chi connectivity index (χ4v) is 2.89. The van der Waals surface area contributed by atoms with Gasteiger partial charge in [-0.1, -0.05) is 18.2 Å². The molecule has 0 bridgehead atoms. The third-order valence-corrected chi connectivity index (χ3v) is 4.28. The van der Waals surface area contributed by atoms with Gasteiger partial charge in [0.25, 0.3) is 0 Å². The first-order valence-corrected chi connectivity index (χ1v) is 9.07. The van der Waals surface area contributed by atoms with Crippen LogP contribution in [-0.4, -0.2) is 36.4 Å². The Morgan fingerprint density at radius 1 is 1.00 bits per heavy atom. The normalized spacial score (nSPS) is 12.1. The molecule has 3 rings (SSSR count). The van der Waals surface area contributed by atoms with Crippen molar-refractivity contribution in [3.63, 3.8) is 0 Å². The first-order chi connectivity index (χ1) is 13.6. The molecule has 1 unspecified atom stereocenters. The van der Waals surface area contributed by atoms with Gasteiger partial charge in [0.1, 0.15) is 35.8 Å². The van der Waals surface area contributed by atoms with Crippen LogP contribution in [0.15, 0.2) is 71.3 Å². The van der Waals surface area contributed by atoms with E-state index in [0.29, 0.717) is 30.9 Å². The third-order valence-electron chi connectivity index (χ3n) is 4.28. The quantitative estimate of drug-likeness (QED) is 0.574. The average Bonchev–Trinajstić information content (AvgIpc) is 3.21. The van der Waals surface area contributed by atoms with E-state index in [1.165, 1.54) is 6.07 Å². The van der Waals surface area contributed by atoms with Crippen molar-refractivity contribution in [2.45, 2.75) is 19.2 Å². The van der Waals surface area contributed by atoms with Gasteiger partial charge in [0.2, 0.25) is 0 Å². The molecule has 0 aliphatic heterocycles. The maximum Gasteiger partial charge on any atom is 0.127 e. The summed E-state index contributed by atoms with van der Waals surface area (Å²) >= 11 is 0. The zero-order chi connectivity index (χ0) is 19.8. The molecule has 0 spiro atoms. The summed E-state index contributed by atoms with van der Waals surface area (Å²) in [6.07, 6.45) is 0.851. The molecule has 0 radical (unpaired) electrons. The Labute approximate surface area is 163 Å². The molecule has 1 aromatic heterocycles. The number of hydrogen-bond acceptors (Lipinski definition) is 5. The van der Waals surface area contributed by atoms with Gasteiger partial charge in [0, 0.05) is 18.7 Å². The molecule has 0 saturated carbocycles. The molecule has 1 heterocycles. The SMILES string of the molecule is COc1ccc(OCC(O)CN(Cc2ccco2)Cc2ccccc2F)cc1. The average molecular weight is 385 g/mol. The van der Waals surface area contributed by atoms with Crippen LogP contribution < -0.4 is 9.47 Å². The van der Waals surface area contributed by atoms with Gasteiger partial charge in [0.15, 0.2) is 0 Å². The molecule has 0 amide bonds. The van der Waals surface area contributed by atoms with Crippen molar-refractivity contribution in [2.24, 2.45) is 0 Å². The van der Waals surface area contributed by atoms with Crippen molar-refractivity contribution in [3.8, 4) is 11.5 Å². The Morgan fingerprint density at radius 2 is 1.75 bits per heavy atom. The molecular weight excluding hydrogens is 361 g/mol. The maximum absolute atomic E-state index is 14.0. The number of halogens is 1. The Bertz CT molecular complexity index is 836. The predicted octanol–water partition coefficient (Wildman–Crippen LogP) is 3.87. The van der Waals surface area contributed by atoms with Crippen molar-refractivity contribution in [1.82, 2.24) is 4.90 Å². The standard InChI is InChI=1S/C22H24FNO4/c1-26-19-8-10-20(11-9-19)28-16-18(25)14-24(15-21-6-4-12-27-21)13-17-5-2-3-7-22(17)23/h2-12,18,25H,13-16H2,1H3. The van der Waals surface area contributed by atoms with Gasteiger partial charge in [-0.05, 0) is 42.5 Å². The lowest BCUT2D eigenvalue weighted by Crippen LogP contribution is -2.35. The molecular formula is C22H24FNO4. The van der Waals surface area contributed by atoms with Gasteiger partial charge >= 0.3 is 0 Å². The smallest absolute Gasteiger partial charge is 0.127 e. The van der Waals surface area contributed by atoms with Gasteiger partial charge in [0.05, 0.1) is 19.9 Å². The van der Waals surface area contributed by atoms with Crippen LogP contribution in [-0.2, 0) is 13.1 Å². The molecule has 0 fully saturated rings. The summed E-state index contributed by atoms with van der Waals surface area (Å²) in [6, 6.07) is 17.5. The maximum atomic E-state index is 14.0. The largest absolute Gasteiger partial charge is 0.497 e. The van der Waals surface area contributed by atoms with Crippen LogP contribution >= 0.6 is 0 Å². The van der Waals surface area contributed by atoms with E-state index >= 15 is 0 Å². The third kappa shape index (κ3) is 5.84. The van der Waals surface area contributed by atoms with E-state index in [0.717, 1.165) is 11.5 Å². The number of ether oxygens (including phenoxy) is 2. The molecule has 148 valence electrons. The summed E-state index contributed by atoms with van der Waals surface area (Å²) in [5, 5.41) is 10.4. The molecule has 3 aromatic rings. The van der Waals surface area contributed by atoms with E-state index in [1.54, 1.807) is 61.9 Å². The Balaban J connectivity index is 1.59. The number of benzene rings is 2. The Morgan fingerprint density at radius 3 is 2.43 bits per heavy atom. The highest BCUT2D eigenvalue weighted by atomic mass is 19.1. The lowest BCUT2D eigenvalue weighted by Gasteiger charge is -2.24. The molecule has 0 aliphatic rings. The molecule has 0 saturated heterocycles. The number of rotatable bonds is 10. The second-order valence-electron chi connectivity index (χ2n) is 6.48. The number of nitrogens with zero attached hydrogens (tertiary/aromatic N) is 1. The van der Waals surface area contributed by atoms with Crippen LogP contribution in [0.5, 0.6) is 11.5 Å². The Kier molecular flexibility index (Phi) is 7.06. The summed E-state index contributed by atoms with van der Waals surface area (Å²) < 4.78 is 30.2. The van der Waals surface area contributed by atoms with E-state index in [1.807, 2.05) is 11.0 Å². The lowest BCUT2D eigenvalue weighted by atomic mass is 10.2. The molecule has 1 N–H and O–H groups in total. The highest BCUT2D eigenvalue weighted by molar-refractivity contribution is 5.31. The minimum absolute atomic E-state index is 0.123. The fourth-order valence-electron chi connectivity index (χ4n) is 2.89. The molecule has 0 aliphatic carbocycles. The minimum atomic E-state index is -0.746. The topological polar surface area (TPSA) is 55.1 Å².